The lowest BCUT2D eigenvalue weighted by atomic mass is 9.87. The van der Waals surface area contributed by atoms with Crippen LogP contribution < -0.4 is 4.90 Å². The van der Waals surface area contributed by atoms with E-state index in [-0.39, 0.29) is 36.9 Å². The topological polar surface area (TPSA) is 108 Å². The van der Waals surface area contributed by atoms with Crippen LogP contribution in [-0.2, 0) is 4.79 Å². The number of halogens is 2. The van der Waals surface area contributed by atoms with E-state index in [4.69, 9.17) is 38.3 Å². The van der Waals surface area contributed by atoms with Crippen molar-refractivity contribution < 1.29 is 15.0 Å². The van der Waals surface area contributed by atoms with Crippen LogP contribution in [0.1, 0.15) is 49.9 Å². The summed E-state index contributed by atoms with van der Waals surface area (Å²) in [5, 5.41) is 25.5. The SMILES string of the molecule is Cc1nn(C(C)c2ccc(Cl)cc2Cl)c2nc(N3CCC(N4CCCC(CC(=O)O)C4)[C@H](CO)C3)cnc12. The molecule has 0 saturated carbocycles. The van der Waals surface area contributed by atoms with Crippen LogP contribution in [-0.4, -0.2) is 79.7 Å². The Labute approximate surface area is 232 Å². The van der Waals surface area contributed by atoms with Crippen molar-refractivity contribution in [1.29, 1.82) is 0 Å². The molecule has 0 aliphatic carbocycles. The molecule has 2 aliphatic rings. The van der Waals surface area contributed by atoms with Crippen molar-refractivity contribution in [2.75, 3.05) is 37.7 Å². The average Bonchev–Trinajstić information content (AvgIpc) is 3.23. The fourth-order valence-corrected chi connectivity index (χ4v) is 6.70. The molecule has 0 bridgehead atoms. The number of aromatic nitrogens is 4. The Morgan fingerprint density at radius 1 is 1.21 bits per heavy atom. The zero-order chi connectivity index (χ0) is 27.0. The Balaban J connectivity index is 1.37. The number of likely N-dealkylation sites (tertiary alicyclic amines) is 1. The van der Waals surface area contributed by atoms with Crippen LogP contribution in [0.4, 0.5) is 5.82 Å². The summed E-state index contributed by atoms with van der Waals surface area (Å²) in [5.41, 5.74) is 3.13. The summed E-state index contributed by atoms with van der Waals surface area (Å²) >= 11 is 12.6. The standard InChI is InChI=1S/C27H34Cl2N6O3/c1-16-26-27(35(32-16)17(2)21-6-5-20(28)11-22(21)29)31-24(12-30-26)34-9-7-23(19(14-34)15-36)33-8-3-4-18(13-33)10-25(37)38/h5-6,11-12,17-19,23,36H,3-4,7-10,13-15H2,1-2H3,(H,37,38)/t17?,18?,19-,23?/m0/s1. The Morgan fingerprint density at radius 2 is 2.03 bits per heavy atom. The molecule has 11 heteroatoms. The summed E-state index contributed by atoms with van der Waals surface area (Å²) in [4.78, 5) is 25.6. The van der Waals surface area contributed by atoms with Crippen LogP contribution in [0.5, 0.6) is 0 Å². The van der Waals surface area contributed by atoms with Gasteiger partial charge in [0.05, 0.1) is 17.9 Å². The zero-order valence-electron chi connectivity index (χ0n) is 21.7. The van der Waals surface area contributed by atoms with Crippen molar-refractivity contribution in [2.45, 2.75) is 51.6 Å². The lowest BCUT2D eigenvalue weighted by Crippen LogP contribution is -2.55. The molecule has 2 aliphatic heterocycles. The van der Waals surface area contributed by atoms with Gasteiger partial charge in [-0.05, 0) is 63.3 Å². The minimum atomic E-state index is -0.735. The third kappa shape index (κ3) is 5.47. The monoisotopic (exact) mass is 560 g/mol. The van der Waals surface area contributed by atoms with Crippen LogP contribution >= 0.6 is 23.2 Å². The summed E-state index contributed by atoms with van der Waals surface area (Å²) in [6.45, 7) is 7.20. The van der Waals surface area contributed by atoms with Crippen LogP contribution in [0, 0.1) is 18.8 Å². The molecule has 204 valence electrons. The number of aliphatic hydroxyl groups excluding tert-OH is 1. The third-order valence-corrected chi connectivity index (χ3v) is 8.64. The first-order valence-electron chi connectivity index (χ1n) is 13.2. The maximum absolute atomic E-state index is 11.2. The summed E-state index contributed by atoms with van der Waals surface area (Å²) < 4.78 is 1.86. The van der Waals surface area contributed by atoms with Gasteiger partial charge in [-0.15, -0.1) is 0 Å². The summed E-state index contributed by atoms with van der Waals surface area (Å²) in [5.74, 6) is 0.239. The summed E-state index contributed by atoms with van der Waals surface area (Å²) in [6.07, 6.45) is 4.83. The molecule has 1 aromatic carbocycles. The fourth-order valence-electron chi connectivity index (χ4n) is 6.14. The molecular formula is C27H34Cl2N6O3. The highest BCUT2D eigenvalue weighted by Gasteiger charge is 2.36. The van der Waals surface area contributed by atoms with E-state index in [2.05, 4.69) is 9.80 Å². The number of fused-ring (bicyclic) bond motifs is 1. The number of aryl methyl sites for hydroxylation is 1. The molecular weight excluding hydrogens is 527 g/mol. The molecule has 2 aromatic heterocycles. The van der Waals surface area contributed by atoms with Gasteiger partial charge in [-0.25, -0.2) is 14.6 Å². The predicted molar refractivity (Wildman–Crippen MR) is 148 cm³/mol. The Kier molecular flexibility index (Phi) is 8.09. The number of hydrogen-bond donors (Lipinski definition) is 2. The number of carbonyl (C=O) groups is 1. The molecule has 4 atom stereocenters. The molecule has 0 amide bonds. The average molecular weight is 562 g/mol. The summed E-state index contributed by atoms with van der Waals surface area (Å²) in [6, 6.07) is 5.52. The highest BCUT2D eigenvalue weighted by atomic mass is 35.5. The van der Waals surface area contributed by atoms with Crippen molar-refractivity contribution in [1.82, 2.24) is 24.6 Å². The van der Waals surface area contributed by atoms with Gasteiger partial charge in [-0.2, -0.15) is 5.10 Å². The van der Waals surface area contributed by atoms with Crippen molar-refractivity contribution >= 4 is 46.2 Å². The molecule has 0 radical (unpaired) electrons. The van der Waals surface area contributed by atoms with E-state index in [0.717, 1.165) is 61.5 Å². The number of aliphatic hydroxyl groups is 1. The van der Waals surface area contributed by atoms with Crippen molar-refractivity contribution in [3.63, 3.8) is 0 Å². The maximum atomic E-state index is 11.2. The van der Waals surface area contributed by atoms with E-state index in [1.165, 1.54) is 0 Å². The molecule has 2 saturated heterocycles. The highest BCUT2D eigenvalue weighted by molar-refractivity contribution is 6.35. The second kappa shape index (κ2) is 11.3. The summed E-state index contributed by atoms with van der Waals surface area (Å²) in [7, 11) is 0. The molecule has 2 N–H and O–H groups in total. The van der Waals surface area contributed by atoms with Gasteiger partial charge in [0.25, 0.3) is 0 Å². The van der Waals surface area contributed by atoms with Gasteiger partial charge < -0.3 is 15.1 Å². The molecule has 4 heterocycles. The van der Waals surface area contributed by atoms with Crippen molar-refractivity contribution in [3.8, 4) is 0 Å². The number of carboxylic acids is 1. The number of anilines is 1. The minimum Gasteiger partial charge on any atom is -0.481 e. The molecule has 38 heavy (non-hydrogen) atoms. The number of nitrogens with zero attached hydrogens (tertiary/aromatic N) is 6. The van der Waals surface area contributed by atoms with Gasteiger partial charge in [0, 0.05) is 54.7 Å². The van der Waals surface area contributed by atoms with Gasteiger partial charge in [0.1, 0.15) is 11.3 Å². The molecule has 3 unspecified atom stereocenters. The van der Waals surface area contributed by atoms with E-state index in [1.807, 2.05) is 30.7 Å². The highest BCUT2D eigenvalue weighted by Crippen LogP contribution is 2.33. The smallest absolute Gasteiger partial charge is 0.303 e. The Bertz CT molecular complexity index is 1320. The second-order valence-electron chi connectivity index (χ2n) is 10.6. The zero-order valence-corrected chi connectivity index (χ0v) is 23.2. The van der Waals surface area contributed by atoms with Gasteiger partial charge in [0.15, 0.2) is 5.65 Å². The van der Waals surface area contributed by atoms with Gasteiger partial charge in [0.2, 0.25) is 0 Å². The van der Waals surface area contributed by atoms with Crippen LogP contribution in [0.3, 0.4) is 0 Å². The number of benzene rings is 1. The number of rotatable bonds is 7. The van der Waals surface area contributed by atoms with E-state index in [1.54, 1.807) is 12.3 Å². The van der Waals surface area contributed by atoms with Crippen molar-refractivity contribution in [3.05, 3.63) is 45.7 Å². The number of piperidine rings is 2. The molecule has 2 fully saturated rings. The second-order valence-corrected chi connectivity index (χ2v) is 11.5. The third-order valence-electron chi connectivity index (χ3n) is 8.07. The molecule has 9 nitrogen and oxygen atoms in total. The molecule has 5 rings (SSSR count). The normalized spacial score (nSPS) is 23.6. The molecule has 3 aromatic rings. The lowest BCUT2D eigenvalue weighted by Gasteiger charge is -2.46. The fraction of sp³-hybridized carbons (Fsp3) is 0.556. The molecule has 0 spiro atoms. The van der Waals surface area contributed by atoms with Gasteiger partial charge in [-0.3, -0.25) is 9.69 Å². The number of aliphatic carboxylic acids is 1. The van der Waals surface area contributed by atoms with E-state index in [0.29, 0.717) is 22.2 Å². The number of carboxylic acid groups (broad SMARTS) is 1. The first kappa shape index (κ1) is 27.1. The first-order chi connectivity index (χ1) is 18.2. The maximum Gasteiger partial charge on any atom is 0.303 e. The van der Waals surface area contributed by atoms with Gasteiger partial charge >= 0.3 is 5.97 Å². The Hall–Kier alpha value is -2.46. The van der Waals surface area contributed by atoms with E-state index < -0.39 is 5.97 Å². The minimum absolute atomic E-state index is 0.0447. The predicted octanol–water partition coefficient (Wildman–Crippen LogP) is 4.42. The Morgan fingerprint density at radius 3 is 2.76 bits per heavy atom. The van der Waals surface area contributed by atoms with Crippen molar-refractivity contribution in [2.24, 2.45) is 11.8 Å². The largest absolute Gasteiger partial charge is 0.481 e. The van der Waals surface area contributed by atoms with Gasteiger partial charge in [-0.1, -0.05) is 29.3 Å². The van der Waals surface area contributed by atoms with Crippen LogP contribution in [0.25, 0.3) is 11.2 Å². The lowest BCUT2D eigenvalue weighted by molar-refractivity contribution is -0.138. The quantitative estimate of drug-likeness (QED) is 0.437. The first-order valence-corrected chi connectivity index (χ1v) is 14.0. The van der Waals surface area contributed by atoms with E-state index >= 15 is 0 Å². The van der Waals surface area contributed by atoms with Crippen LogP contribution in [0.2, 0.25) is 10.0 Å². The van der Waals surface area contributed by atoms with Crippen LogP contribution in [0.15, 0.2) is 24.4 Å². The number of hydrogen-bond acceptors (Lipinski definition) is 7. The van der Waals surface area contributed by atoms with E-state index in [9.17, 15) is 15.0 Å².